The SMILES string of the molecule is O=S1C2CCC1CC(O)(c1c(F)cccc1OC(F)F)C2. The average molecular weight is 320 g/mol. The molecule has 0 spiro atoms. The zero-order chi connectivity index (χ0) is 15.2. The minimum absolute atomic E-state index is 0.108. The zero-order valence-corrected chi connectivity index (χ0v) is 11.9. The number of rotatable bonds is 3. The Balaban J connectivity index is 2.01. The van der Waals surface area contributed by atoms with Crippen LogP contribution in [0.25, 0.3) is 0 Å². The Hall–Kier alpha value is -1.08. The zero-order valence-electron chi connectivity index (χ0n) is 11.1. The van der Waals surface area contributed by atoms with Crippen molar-refractivity contribution in [2.45, 2.75) is 48.4 Å². The van der Waals surface area contributed by atoms with E-state index in [0.717, 1.165) is 6.07 Å². The molecule has 116 valence electrons. The lowest BCUT2D eigenvalue weighted by molar-refractivity contribution is -0.0563. The molecule has 2 heterocycles. The molecule has 2 fully saturated rings. The van der Waals surface area contributed by atoms with Gasteiger partial charge in [0.15, 0.2) is 0 Å². The molecule has 1 aromatic carbocycles. The second-order valence-electron chi connectivity index (χ2n) is 5.58. The smallest absolute Gasteiger partial charge is 0.387 e. The Bertz CT molecular complexity index is 563. The maximum Gasteiger partial charge on any atom is 0.387 e. The first-order valence-corrected chi connectivity index (χ1v) is 8.04. The Labute approximate surface area is 122 Å². The fraction of sp³-hybridized carbons (Fsp3) is 0.571. The molecule has 0 saturated carbocycles. The summed E-state index contributed by atoms with van der Waals surface area (Å²) in [6.45, 7) is -3.09. The first-order chi connectivity index (χ1) is 9.90. The van der Waals surface area contributed by atoms with Gasteiger partial charge in [0.1, 0.15) is 11.6 Å². The normalized spacial score (nSPS) is 35.2. The van der Waals surface area contributed by atoms with E-state index in [-0.39, 0.29) is 34.7 Å². The highest BCUT2D eigenvalue weighted by atomic mass is 32.2. The van der Waals surface area contributed by atoms with Crippen molar-refractivity contribution in [2.24, 2.45) is 0 Å². The number of halogens is 3. The molecule has 0 aliphatic carbocycles. The van der Waals surface area contributed by atoms with E-state index in [0.29, 0.717) is 12.8 Å². The molecule has 0 amide bonds. The van der Waals surface area contributed by atoms with Gasteiger partial charge in [-0.25, -0.2) is 4.39 Å². The van der Waals surface area contributed by atoms with Crippen LogP contribution in [0.15, 0.2) is 18.2 Å². The highest BCUT2D eigenvalue weighted by molar-refractivity contribution is 7.86. The fourth-order valence-corrected chi connectivity index (χ4v) is 5.60. The Morgan fingerprint density at radius 1 is 1.29 bits per heavy atom. The van der Waals surface area contributed by atoms with Gasteiger partial charge < -0.3 is 9.84 Å². The molecule has 2 aliphatic heterocycles. The summed E-state index contributed by atoms with van der Waals surface area (Å²) in [4.78, 5) is 0. The van der Waals surface area contributed by atoms with Crippen LogP contribution in [0.2, 0.25) is 0 Å². The molecule has 3 nitrogen and oxygen atoms in total. The van der Waals surface area contributed by atoms with Crippen molar-refractivity contribution < 1.29 is 27.2 Å². The van der Waals surface area contributed by atoms with Crippen molar-refractivity contribution in [3.05, 3.63) is 29.6 Å². The second kappa shape index (κ2) is 5.28. The molecular weight excluding hydrogens is 305 g/mol. The topological polar surface area (TPSA) is 46.5 Å². The summed E-state index contributed by atoms with van der Waals surface area (Å²) in [6.07, 6.45) is 1.63. The number of alkyl halides is 2. The van der Waals surface area contributed by atoms with Crippen LogP contribution in [0.5, 0.6) is 5.75 Å². The minimum atomic E-state index is -3.09. The third kappa shape index (κ3) is 2.57. The van der Waals surface area contributed by atoms with Crippen molar-refractivity contribution >= 4 is 10.8 Å². The molecule has 21 heavy (non-hydrogen) atoms. The largest absolute Gasteiger partial charge is 0.434 e. The lowest BCUT2D eigenvalue weighted by Crippen LogP contribution is -2.41. The molecule has 1 N–H and O–H groups in total. The summed E-state index contributed by atoms with van der Waals surface area (Å²) in [5, 5.41) is 10.4. The van der Waals surface area contributed by atoms with Crippen LogP contribution < -0.4 is 4.74 Å². The molecule has 0 radical (unpaired) electrons. The predicted molar refractivity (Wildman–Crippen MR) is 71.1 cm³/mol. The summed E-state index contributed by atoms with van der Waals surface area (Å²) in [5.41, 5.74) is -1.84. The number of hydrogen-bond acceptors (Lipinski definition) is 3. The molecule has 2 saturated heterocycles. The molecule has 2 bridgehead atoms. The Kier molecular flexibility index (Phi) is 3.73. The van der Waals surface area contributed by atoms with Gasteiger partial charge >= 0.3 is 6.61 Å². The van der Waals surface area contributed by atoms with E-state index < -0.39 is 28.8 Å². The first-order valence-electron chi connectivity index (χ1n) is 6.76. The number of aliphatic hydroxyl groups is 1. The van der Waals surface area contributed by atoms with Crippen LogP contribution in [-0.2, 0) is 16.4 Å². The van der Waals surface area contributed by atoms with Gasteiger partial charge in [0, 0.05) is 21.3 Å². The number of ether oxygens (including phenoxy) is 1. The van der Waals surface area contributed by atoms with Gasteiger partial charge in [-0.05, 0) is 37.8 Å². The third-order valence-corrected chi connectivity index (χ3v) is 6.37. The summed E-state index contributed by atoms with van der Waals surface area (Å²) in [6, 6.07) is 3.59. The summed E-state index contributed by atoms with van der Waals surface area (Å²) in [7, 11) is -1.03. The molecule has 3 rings (SSSR count). The monoisotopic (exact) mass is 320 g/mol. The number of benzene rings is 1. The van der Waals surface area contributed by atoms with Gasteiger partial charge in [-0.1, -0.05) is 6.07 Å². The van der Waals surface area contributed by atoms with Crippen molar-refractivity contribution in [3.63, 3.8) is 0 Å². The summed E-state index contributed by atoms with van der Waals surface area (Å²) >= 11 is 0. The lowest BCUT2D eigenvalue weighted by atomic mass is 9.85. The molecular formula is C14H15F3O3S. The van der Waals surface area contributed by atoms with Crippen LogP contribution in [0.1, 0.15) is 31.2 Å². The van der Waals surface area contributed by atoms with Crippen molar-refractivity contribution in [3.8, 4) is 5.75 Å². The fourth-order valence-electron chi connectivity index (χ4n) is 3.44. The number of fused-ring (bicyclic) bond motifs is 2. The quantitative estimate of drug-likeness (QED) is 0.931. The van der Waals surface area contributed by atoms with Crippen LogP contribution in [0, 0.1) is 5.82 Å². The van der Waals surface area contributed by atoms with Crippen LogP contribution >= 0.6 is 0 Å². The van der Waals surface area contributed by atoms with Gasteiger partial charge in [-0.3, -0.25) is 4.21 Å². The molecule has 2 atom stereocenters. The number of hydrogen-bond donors (Lipinski definition) is 1. The van der Waals surface area contributed by atoms with E-state index in [4.69, 9.17) is 0 Å². The van der Waals surface area contributed by atoms with Crippen LogP contribution in [0.3, 0.4) is 0 Å². The van der Waals surface area contributed by atoms with E-state index in [1.54, 1.807) is 0 Å². The second-order valence-corrected chi connectivity index (χ2v) is 7.57. The van der Waals surface area contributed by atoms with Crippen molar-refractivity contribution in [2.75, 3.05) is 0 Å². The van der Waals surface area contributed by atoms with Gasteiger partial charge in [0.25, 0.3) is 0 Å². The van der Waals surface area contributed by atoms with Gasteiger partial charge in [-0.15, -0.1) is 0 Å². The summed E-state index contributed by atoms with van der Waals surface area (Å²) in [5.74, 6) is -1.12. The van der Waals surface area contributed by atoms with Gasteiger partial charge in [0.2, 0.25) is 0 Å². The highest BCUT2D eigenvalue weighted by Crippen LogP contribution is 2.48. The van der Waals surface area contributed by atoms with Gasteiger partial charge in [-0.2, -0.15) is 8.78 Å². The lowest BCUT2D eigenvalue weighted by Gasteiger charge is -2.37. The highest BCUT2D eigenvalue weighted by Gasteiger charge is 2.50. The summed E-state index contributed by atoms with van der Waals surface area (Å²) < 4.78 is 55.5. The van der Waals surface area contributed by atoms with Crippen molar-refractivity contribution in [1.29, 1.82) is 0 Å². The van der Waals surface area contributed by atoms with Crippen LogP contribution in [0.4, 0.5) is 13.2 Å². The Morgan fingerprint density at radius 3 is 2.48 bits per heavy atom. The maximum atomic E-state index is 14.1. The maximum absolute atomic E-state index is 14.1. The molecule has 1 aromatic rings. The van der Waals surface area contributed by atoms with Crippen LogP contribution in [-0.4, -0.2) is 26.4 Å². The van der Waals surface area contributed by atoms with Gasteiger partial charge in [0.05, 0.1) is 11.2 Å². The van der Waals surface area contributed by atoms with E-state index in [1.165, 1.54) is 12.1 Å². The molecule has 2 aliphatic rings. The van der Waals surface area contributed by atoms with E-state index in [2.05, 4.69) is 4.74 Å². The minimum Gasteiger partial charge on any atom is -0.434 e. The molecule has 2 unspecified atom stereocenters. The standard InChI is InChI=1S/C14H15F3O3S/c15-10-2-1-3-11(20-13(16)17)12(10)14(18)6-8-4-5-9(7-14)21(8)19/h1-3,8-9,13,18H,4-7H2. The first kappa shape index (κ1) is 14.8. The average Bonchev–Trinajstić information content (AvgIpc) is 2.61. The van der Waals surface area contributed by atoms with E-state index in [1.807, 2.05) is 0 Å². The molecule has 7 heteroatoms. The van der Waals surface area contributed by atoms with E-state index >= 15 is 0 Å². The third-order valence-electron chi connectivity index (χ3n) is 4.26. The molecule has 0 aromatic heterocycles. The predicted octanol–water partition coefficient (Wildman–Crippen LogP) is 2.69. The Morgan fingerprint density at radius 2 is 1.90 bits per heavy atom. The van der Waals surface area contributed by atoms with E-state index in [9.17, 15) is 22.5 Å². The van der Waals surface area contributed by atoms with Crippen molar-refractivity contribution in [1.82, 2.24) is 0 Å².